The van der Waals surface area contributed by atoms with Gasteiger partial charge in [-0.2, -0.15) is 4.98 Å². The zero-order valence-electron chi connectivity index (χ0n) is 13.4. The van der Waals surface area contributed by atoms with Gasteiger partial charge in [0.25, 0.3) is 0 Å². The van der Waals surface area contributed by atoms with Crippen LogP contribution >= 0.6 is 11.6 Å². The van der Waals surface area contributed by atoms with Gasteiger partial charge in [0.15, 0.2) is 0 Å². The second-order valence-corrected chi connectivity index (χ2v) is 6.23. The summed E-state index contributed by atoms with van der Waals surface area (Å²) in [5.41, 5.74) is 2.19. The molecule has 0 aliphatic rings. The van der Waals surface area contributed by atoms with Crippen LogP contribution in [-0.4, -0.2) is 23.1 Å². The first-order valence-electron chi connectivity index (χ1n) is 7.61. The first-order chi connectivity index (χ1) is 10.5. The SMILES string of the molecule is Cc1cc(NCC(C)C)nc(NCCc2ccc(Cl)cc2)n1. The summed E-state index contributed by atoms with van der Waals surface area (Å²) in [6.07, 6.45) is 0.906. The lowest BCUT2D eigenvalue weighted by Crippen LogP contribution is -2.13. The summed E-state index contributed by atoms with van der Waals surface area (Å²) in [6, 6.07) is 9.86. The van der Waals surface area contributed by atoms with Crippen molar-refractivity contribution in [3.05, 3.63) is 46.6 Å². The topological polar surface area (TPSA) is 49.8 Å². The van der Waals surface area contributed by atoms with E-state index in [0.29, 0.717) is 11.9 Å². The molecule has 2 aromatic rings. The zero-order chi connectivity index (χ0) is 15.9. The highest BCUT2D eigenvalue weighted by molar-refractivity contribution is 6.30. The maximum Gasteiger partial charge on any atom is 0.224 e. The first-order valence-corrected chi connectivity index (χ1v) is 7.98. The quantitative estimate of drug-likeness (QED) is 0.804. The summed E-state index contributed by atoms with van der Waals surface area (Å²) in [5, 5.41) is 7.38. The predicted octanol–water partition coefficient (Wildman–Crippen LogP) is 4.16. The Kier molecular flexibility index (Phi) is 6.01. The maximum absolute atomic E-state index is 5.89. The molecule has 0 fully saturated rings. The number of hydrogen-bond acceptors (Lipinski definition) is 4. The van der Waals surface area contributed by atoms with Crippen LogP contribution in [0.3, 0.4) is 0 Å². The Hall–Kier alpha value is -1.81. The fraction of sp³-hybridized carbons (Fsp3) is 0.412. The largest absolute Gasteiger partial charge is 0.370 e. The molecule has 22 heavy (non-hydrogen) atoms. The molecule has 0 saturated carbocycles. The minimum absolute atomic E-state index is 0.580. The van der Waals surface area contributed by atoms with E-state index in [2.05, 4.69) is 34.4 Å². The van der Waals surface area contributed by atoms with Gasteiger partial charge in [0.2, 0.25) is 5.95 Å². The van der Waals surface area contributed by atoms with E-state index in [9.17, 15) is 0 Å². The predicted molar refractivity (Wildman–Crippen MR) is 93.7 cm³/mol. The summed E-state index contributed by atoms with van der Waals surface area (Å²) in [6.45, 7) is 8.01. The number of anilines is 2. The molecule has 0 amide bonds. The molecule has 0 bridgehead atoms. The first kappa shape index (κ1) is 16.6. The van der Waals surface area contributed by atoms with Gasteiger partial charge in [-0.3, -0.25) is 0 Å². The average Bonchev–Trinajstić information content (AvgIpc) is 2.47. The van der Waals surface area contributed by atoms with E-state index >= 15 is 0 Å². The summed E-state index contributed by atoms with van der Waals surface area (Å²) >= 11 is 5.89. The molecule has 0 aliphatic carbocycles. The highest BCUT2D eigenvalue weighted by Crippen LogP contribution is 2.12. The van der Waals surface area contributed by atoms with Gasteiger partial charge in [0, 0.05) is 29.9 Å². The summed E-state index contributed by atoms with van der Waals surface area (Å²) < 4.78 is 0. The molecule has 1 aromatic heterocycles. The average molecular weight is 319 g/mol. The molecular formula is C17H23ClN4. The van der Waals surface area contributed by atoms with Gasteiger partial charge in [-0.1, -0.05) is 37.6 Å². The van der Waals surface area contributed by atoms with E-state index in [1.165, 1.54) is 5.56 Å². The summed E-state index contributed by atoms with van der Waals surface area (Å²) in [4.78, 5) is 8.92. The van der Waals surface area contributed by atoms with Crippen molar-refractivity contribution in [3.63, 3.8) is 0 Å². The van der Waals surface area contributed by atoms with E-state index in [-0.39, 0.29) is 0 Å². The fourth-order valence-electron chi connectivity index (χ4n) is 2.02. The van der Waals surface area contributed by atoms with Gasteiger partial charge in [-0.25, -0.2) is 4.98 Å². The fourth-order valence-corrected chi connectivity index (χ4v) is 2.14. The number of aromatic nitrogens is 2. The van der Waals surface area contributed by atoms with Crippen LogP contribution in [0.15, 0.2) is 30.3 Å². The Morgan fingerprint density at radius 1 is 1.09 bits per heavy atom. The van der Waals surface area contributed by atoms with Crippen molar-refractivity contribution >= 4 is 23.4 Å². The van der Waals surface area contributed by atoms with Crippen LogP contribution in [0.1, 0.15) is 25.1 Å². The Morgan fingerprint density at radius 3 is 2.50 bits per heavy atom. The lowest BCUT2D eigenvalue weighted by Gasteiger charge is -2.11. The molecular weight excluding hydrogens is 296 g/mol. The molecule has 1 heterocycles. The van der Waals surface area contributed by atoms with Crippen molar-refractivity contribution in [2.75, 3.05) is 23.7 Å². The Labute approximate surface area is 137 Å². The lowest BCUT2D eigenvalue weighted by atomic mass is 10.1. The monoisotopic (exact) mass is 318 g/mol. The van der Waals surface area contributed by atoms with Crippen LogP contribution in [0, 0.1) is 12.8 Å². The molecule has 0 atom stereocenters. The second kappa shape index (κ2) is 7.99. The Balaban J connectivity index is 1.90. The van der Waals surface area contributed by atoms with Crippen molar-refractivity contribution in [2.45, 2.75) is 27.2 Å². The molecule has 2 N–H and O–H groups in total. The molecule has 1 aromatic carbocycles. The van der Waals surface area contributed by atoms with Crippen molar-refractivity contribution in [3.8, 4) is 0 Å². The standard InChI is InChI=1S/C17H23ClN4/c1-12(2)11-20-16-10-13(3)21-17(22-16)19-9-8-14-4-6-15(18)7-5-14/h4-7,10,12H,8-9,11H2,1-3H3,(H2,19,20,21,22). The van der Waals surface area contributed by atoms with E-state index < -0.39 is 0 Å². The third-order valence-corrected chi connectivity index (χ3v) is 3.41. The summed E-state index contributed by atoms with van der Waals surface area (Å²) in [5.74, 6) is 2.12. The molecule has 4 nitrogen and oxygen atoms in total. The molecule has 2 rings (SSSR count). The normalized spacial score (nSPS) is 10.8. The van der Waals surface area contributed by atoms with Crippen molar-refractivity contribution in [2.24, 2.45) is 5.92 Å². The van der Waals surface area contributed by atoms with Crippen LogP contribution in [0.2, 0.25) is 5.02 Å². The van der Waals surface area contributed by atoms with Crippen molar-refractivity contribution < 1.29 is 0 Å². The van der Waals surface area contributed by atoms with Gasteiger partial charge in [0.05, 0.1) is 0 Å². The minimum atomic E-state index is 0.580. The second-order valence-electron chi connectivity index (χ2n) is 5.80. The number of hydrogen-bond donors (Lipinski definition) is 2. The van der Waals surface area contributed by atoms with Gasteiger partial charge in [-0.05, 0) is 37.0 Å². The Morgan fingerprint density at radius 2 is 1.82 bits per heavy atom. The number of halogens is 1. The van der Waals surface area contributed by atoms with E-state index in [1.807, 2.05) is 37.3 Å². The van der Waals surface area contributed by atoms with E-state index in [0.717, 1.165) is 36.0 Å². The summed E-state index contributed by atoms with van der Waals surface area (Å²) in [7, 11) is 0. The van der Waals surface area contributed by atoms with E-state index in [1.54, 1.807) is 0 Å². The zero-order valence-corrected chi connectivity index (χ0v) is 14.1. The molecule has 5 heteroatoms. The lowest BCUT2D eigenvalue weighted by molar-refractivity contribution is 0.686. The van der Waals surface area contributed by atoms with Crippen LogP contribution in [0.25, 0.3) is 0 Å². The highest BCUT2D eigenvalue weighted by Gasteiger charge is 2.03. The molecule has 118 valence electrons. The molecule has 0 aliphatic heterocycles. The molecule has 0 unspecified atom stereocenters. The molecule has 0 spiro atoms. The van der Waals surface area contributed by atoms with Gasteiger partial charge in [-0.15, -0.1) is 0 Å². The van der Waals surface area contributed by atoms with Crippen molar-refractivity contribution in [1.29, 1.82) is 0 Å². The number of rotatable bonds is 7. The van der Waals surface area contributed by atoms with Gasteiger partial charge >= 0.3 is 0 Å². The number of nitrogens with zero attached hydrogens (tertiary/aromatic N) is 2. The van der Waals surface area contributed by atoms with Gasteiger partial charge < -0.3 is 10.6 Å². The third kappa shape index (κ3) is 5.53. The van der Waals surface area contributed by atoms with Crippen LogP contribution in [0.4, 0.5) is 11.8 Å². The minimum Gasteiger partial charge on any atom is -0.370 e. The van der Waals surface area contributed by atoms with Gasteiger partial charge in [0.1, 0.15) is 5.82 Å². The third-order valence-electron chi connectivity index (χ3n) is 3.16. The Bertz CT molecular complexity index is 596. The maximum atomic E-state index is 5.89. The van der Waals surface area contributed by atoms with Crippen LogP contribution in [-0.2, 0) is 6.42 Å². The van der Waals surface area contributed by atoms with Crippen LogP contribution < -0.4 is 10.6 Å². The highest BCUT2D eigenvalue weighted by atomic mass is 35.5. The van der Waals surface area contributed by atoms with E-state index in [4.69, 9.17) is 11.6 Å². The molecule has 0 radical (unpaired) electrons. The number of benzene rings is 1. The number of nitrogens with one attached hydrogen (secondary N) is 2. The number of aryl methyl sites for hydroxylation is 1. The van der Waals surface area contributed by atoms with Crippen LogP contribution in [0.5, 0.6) is 0 Å². The van der Waals surface area contributed by atoms with Crippen molar-refractivity contribution in [1.82, 2.24) is 9.97 Å². The smallest absolute Gasteiger partial charge is 0.224 e. The molecule has 0 saturated heterocycles.